The van der Waals surface area contributed by atoms with Crippen LogP contribution in [0.4, 0.5) is 5.82 Å². The van der Waals surface area contributed by atoms with Crippen LogP contribution >= 0.6 is 0 Å². The summed E-state index contributed by atoms with van der Waals surface area (Å²) in [5.74, 6) is 0.144. The topological polar surface area (TPSA) is 67.2 Å². The molecule has 0 atom stereocenters. The molecule has 31 heavy (non-hydrogen) atoms. The number of nitrogens with zero attached hydrogens (tertiary/aromatic N) is 3. The molecule has 0 unspecified atom stereocenters. The highest BCUT2D eigenvalue weighted by atomic mass is 16.2. The summed E-state index contributed by atoms with van der Waals surface area (Å²) in [6, 6.07) is 20.5. The van der Waals surface area contributed by atoms with Crippen molar-refractivity contribution in [1.29, 1.82) is 0 Å². The molecule has 1 aromatic heterocycles. The van der Waals surface area contributed by atoms with Gasteiger partial charge in [-0.1, -0.05) is 57.2 Å². The third kappa shape index (κ3) is 5.40. The van der Waals surface area contributed by atoms with E-state index in [1.807, 2.05) is 68.4 Å². The molecule has 0 aliphatic rings. The number of benzene rings is 2. The first-order chi connectivity index (χ1) is 14.7. The molecule has 0 saturated carbocycles. The number of para-hydroxylation sites is 1. The van der Waals surface area contributed by atoms with Crippen LogP contribution in [0.1, 0.15) is 50.7 Å². The second-order valence-electron chi connectivity index (χ2n) is 8.85. The van der Waals surface area contributed by atoms with Crippen LogP contribution in [0, 0.1) is 0 Å². The molecule has 0 radical (unpaired) electrons. The van der Waals surface area contributed by atoms with Gasteiger partial charge in [0.1, 0.15) is 12.4 Å². The van der Waals surface area contributed by atoms with E-state index in [-0.39, 0.29) is 29.8 Å². The SMILES string of the molecule is CC(C)N(CC(=O)Nc1cc(C(C)(C)C)nn1-c1ccccc1)C(=O)c1ccccc1. The molecule has 2 aromatic carbocycles. The van der Waals surface area contributed by atoms with Crippen LogP contribution in [0.15, 0.2) is 66.7 Å². The van der Waals surface area contributed by atoms with E-state index in [0.717, 1.165) is 11.4 Å². The van der Waals surface area contributed by atoms with E-state index in [2.05, 4.69) is 26.1 Å². The fourth-order valence-electron chi connectivity index (χ4n) is 3.18. The number of hydrogen-bond acceptors (Lipinski definition) is 3. The second kappa shape index (κ2) is 9.16. The van der Waals surface area contributed by atoms with Crippen molar-refractivity contribution in [3.63, 3.8) is 0 Å². The molecule has 6 heteroatoms. The van der Waals surface area contributed by atoms with Gasteiger partial charge in [0.15, 0.2) is 0 Å². The number of nitrogens with one attached hydrogen (secondary N) is 1. The first kappa shape index (κ1) is 22.3. The molecule has 2 amide bonds. The van der Waals surface area contributed by atoms with Crippen molar-refractivity contribution in [3.8, 4) is 5.69 Å². The van der Waals surface area contributed by atoms with E-state index in [9.17, 15) is 9.59 Å². The lowest BCUT2D eigenvalue weighted by Crippen LogP contribution is -2.42. The van der Waals surface area contributed by atoms with Gasteiger partial charge < -0.3 is 10.2 Å². The standard InChI is InChI=1S/C25H30N4O2/c1-18(2)28(24(31)19-12-8-6-9-13-19)17-23(30)26-22-16-21(25(3,4)5)27-29(22)20-14-10-7-11-15-20/h6-16,18H,17H2,1-5H3,(H,26,30). The van der Waals surface area contributed by atoms with Crippen LogP contribution in [0.5, 0.6) is 0 Å². The van der Waals surface area contributed by atoms with Gasteiger partial charge in [-0.05, 0) is 38.1 Å². The van der Waals surface area contributed by atoms with Crippen LogP contribution in [0.2, 0.25) is 0 Å². The molecule has 3 rings (SSSR count). The van der Waals surface area contributed by atoms with Gasteiger partial charge >= 0.3 is 0 Å². The Morgan fingerprint density at radius 3 is 2.13 bits per heavy atom. The fraction of sp³-hybridized carbons (Fsp3) is 0.320. The van der Waals surface area contributed by atoms with Gasteiger partial charge in [0.05, 0.1) is 11.4 Å². The molecule has 1 N–H and O–H groups in total. The normalized spacial score (nSPS) is 11.4. The highest BCUT2D eigenvalue weighted by Gasteiger charge is 2.24. The van der Waals surface area contributed by atoms with Crippen molar-refractivity contribution in [1.82, 2.24) is 14.7 Å². The number of carbonyl (C=O) groups excluding carboxylic acids is 2. The third-order valence-corrected chi connectivity index (χ3v) is 4.96. The summed E-state index contributed by atoms with van der Waals surface area (Å²) in [7, 11) is 0. The minimum Gasteiger partial charge on any atom is -0.327 e. The number of carbonyl (C=O) groups is 2. The van der Waals surface area contributed by atoms with Gasteiger partial charge in [-0.25, -0.2) is 4.68 Å². The van der Waals surface area contributed by atoms with Crippen molar-refractivity contribution < 1.29 is 9.59 Å². The minimum absolute atomic E-state index is 0.0454. The highest BCUT2D eigenvalue weighted by molar-refractivity contribution is 5.99. The summed E-state index contributed by atoms with van der Waals surface area (Å²) in [6.07, 6.45) is 0. The highest BCUT2D eigenvalue weighted by Crippen LogP contribution is 2.26. The zero-order chi connectivity index (χ0) is 22.6. The summed E-state index contributed by atoms with van der Waals surface area (Å²) in [5, 5.41) is 7.68. The van der Waals surface area contributed by atoms with Crippen molar-refractivity contribution in [3.05, 3.63) is 78.0 Å². The molecule has 1 heterocycles. The van der Waals surface area contributed by atoms with Crippen molar-refractivity contribution >= 4 is 17.6 Å². The average molecular weight is 419 g/mol. The first-order valence-electron chi connectivity index (χ1n) is 10.5. The molecule has 0 fully saturated rings. The summed E-state index contributed by atoms with van der Waals surface area (Å²) >= 11 is 0. The molecule has 0 bridgehead atoms. The van der Waals surface area contributed by atoms with Gasteiger partial charge in [0.25, 0.3) is 5.91 Å². The predicted octanol–water partition coefficient (Wildman–Crippen LogP) is 4.66. The maximum atomic E-state index is 13.0. The number of rotatable bonds is 6. The van der Waals surface area contributed by atoms with Gasteiger partial charge in [0, 0.05) is 23.1 Å². The van der Waals surface area contributed by atoms with Crippen molar-refractivity contribution in [2.24, 2.45) is 0 Å². The molecule has 0 spiro atoms. The lowest BCUT2D eigenvalue weighted by atomic mass is 9.92. The van der Waals surface area contributed by atoms with Crippen molar-refractivity contribution in [2.45, 2.75) is 46.1 Å². The zero-order valence-electron chi connectivity index (χ0n) is 18.8. The van der Waals surface area contributed by atoms with Crippen LogP contribution in [0.3, 0.4) is 0 Å². The number of aromatic nitrogens is 2. The predicted molar refractivity (Wildman–Crippen MR) is 124 cm³/mol. The number of hydrogen-bond donors (Lipinski definition) is 1. The summed E-state index contributed by atoms with van der Waals surface area (Å²) in [5.41, 5.74) is 2.11. The van der Waals surface area contributed by atoms with E-state index < -0.39 is 0 Å². The summed E-state index contributed by atoms with van der Waals surface area (Å²) in [4.78, 5) is 27.5. The monoisotopic (exact) mass is 418 g/mol. The Bertz CT molecular complexity index is 1030. The van der Waals surface area contributed by atoms with Crippen LogP contribution in [-0.4, -0.2) is 39.1 Å². The maximum Gasteiger partial charge on any atom is 0.254 e. The molecule has 0 aliphatic heterocycles. The van der Waals surface area contributed by atoms with Crippen molar-refractivity contribution in [2.75, 3.05) is 11.9 Å². The molecule has 3 aromatic rings. The molecule has 6 nitrogen and oxygen atoms in total. The molecular weight excluding hydrogens is 388 g/mol. The van der Waals surface area contributed by atoms with Crippen LogP contribution in [0.25, 0.3) is 5.69 Å². The minimum atomic E-state index is -0.268. The Balaban J connectivity index is 1.85. The van der Waals surface area contributed by atoms with E-state index in [1.54, 1.807) is 21.7 Å². The van der Waals surface area contributed by atoms with E-state index in [0.29, 0.717) is 11.4 Å². The molecular formula is C25H30N4O2. The Morgan fingerprint density at radius 1 is 1.00 bits per heavy atom. The van der Waals surface area contributed by atoms with Gasteiger partial charge in [-0.2, -0.15) is 5.10 Å². The smallest absolute Gasteiger partial charge is 0.254 e. The maximum absolute atomic E-state index is 13.0. The van der Waals surface area contributed by atoms with Crippen LogP contribution in [-0.2, 0) is 10.2 Å². The Labute approximate surface area is 183 Å². The molecule has 0 saturated heterocycles. The Hall–Kier alpha value is -3.41. The van der Waals surface area contributed by atoms with E-state index >= 15 is 0 Å². The quantitative estimate of drug-likeness (QED) is 0.633. The average Bonchev–Trinajstić information content (AvgIpc) is 3.17. The van der Waals surface area contributed by atoms with E-state index in [1.165, 1.54) is 0 Å². The lowest BCUT2D eigenvalue weighted by Gasteiger charge is -2.26. The number of anilines is 1. The Kier molecular flexibility index (Phi) is 6.59. The van der Waals surface area contributed by atoms with E-state index in [4.69, 9.17) is 5.10 Å². The van der Waals surface area contributed by atoms with Crippen LogP contribution < -0.4 is 5.32 Å². The third-order valence-electron chi connectivity index (χ3n) is 4.96. The first-order valence-corrected chi connectivity index (χ1v) is 10.5. The van der Waals surface area contributed by atoms with Gasteiger partial charge in [0.2, 0.25) is 5.91 Å². The zero-order valence-corrected chi connectivity index (χ0v) is 18.8. The second-order valence-corrected chi connectivity index (χ2v) is 8.85. The Morgan fingerprint density at radius 2 is 1.58 bits per heavy atom. The summed E-state index contributed by atoms with van der Waals surface area (Å²) < 4.78 is 1.73. The fourth-order valence-corrected chi connectivity index (χ4v) is 3.18. The molecule has 0 aliphatic carbocycles. The van der Waals surface area contributed by atoms with Gasteiger partial charge in [-0.3, -0.25) is 9.59 Å². The number of amides is 2. The molecule has 162 valence electrons. The van der Waals surface area contributed by atoms with Gasteiger partial charge in [-0.15, -0.1) is 0 Å². The lowest BCUT2D eigenvalue weighted by molar-refractivity contribution is -0.117. The largest absolute Gasteiger partial charge is 0.327 e. The summed E-state index contributed by atoms with van der Waals surface area (Å²) in [6.45, 7) is 10.00.